The molecule has 112 valence electrons. The number of fused-ring (bicyclic) bond motifs is 1. The van der Waals surface area contributed by atoms with Crippen LogP contribution in [-0.4, -0.2) is 10.1 Å². The molecule has 0 amide bonds. The second-order valence-corrected chi connectivity index (χ2v) is 5.83. The van der Waals surface area contributed by atoms with Crippen molar-refractivity contribution in [2.45, 2.75) is 4.90 Å². The Hall–Kier alpha value is -2.63. The highest BCUT2D eigenvalue weighted by Crippen LogP contribution is 2.26. The molecule has 0 bridgehead atoms. The summed E-state index contributed by atoms with van der Waals surface area (Å²) < 4.78 is 5.39. The summed E-state index contributed by atoms with van der Waals surface area (Å²) >= 11 is 1.21. The van der Waals surface area contributed by atoms with Crippen molar-refractivity contribution in [2.75, 3.05) is 0 Å². The number of aromatic nitrogens is 2. The lowest BCUT2D eigenvalue weighted by Gasteiger charge is -1.99. The van der Waals surface area contributed by atoms with Gasteiger partial charge in [0.15, 0.2) is 0 Å². The van der Waals surface area contributed by atoms with E-state index in [2.05, 4.69) is 34.4 Å². The number of hydrogen-bond acceptors (Lipinski definition) is 5. The Morgan fingerprint density at radius 3 is 2.35 bits per heavy atom. The van der Waals surface area contributed by atoms with E-state index in [0.29, 0.717) is 11.7 Å². The molecule has 1 heterocycles. The van der Waals surface area contributed by atoms with Crippen molar-refractivity contribution in [3.8, 4) is 22.8 Å². The van der Waals surface area contributed by atoms with Crippen molar-refractivity contribution in [1.29, 1.82) is 0 Å². The van der Waals surface area contributed by atoms with Crippen molar-refractivity contribution < 1.29 is 4.52 Å². The molecule has 0 saturated carbocycles. The van der Waals surface area contributed by atoms with E-state index >= 15 is 0 Å². The maximum Gasteiger partial charge on any atom is 0.258 e. The van der Waals surface area contributed by atoms with Gasteiger partial charge in [-0.05, 0) is 53.1 Å². The molecule has 0 unspecified atom stereocenters. The number of hydrogen-bond donors (Lipinski definition) is 1. The summed E-state index contributed by atoms with van der Waals surface area (Å²) in [6, 6.07) is 22.0. The summed E-state index contributed by atoms with van der Waals surface area (Å²) in [6.45, 7) is 0. The zero-order valence-electron chi connectivity index (χ0n) is 12.1. The van der Waals surface area contributed by atoms with Gasteiger partial charge in [0.2, 0.25) is 5.82 Å². The minimum atomic E-state index is 0.502. The van der Waals surface area contributed by atoms with Crippen molar-refractivity contribution >= 4 is 22.7 Å². The fourth-order valence-electron chi connectivity index (χ4n) is 2.46. The Balaban J connectivity index is 1.70. The van der Waals surface area contributed by atoms with Crippen LogP contribution >= 0.6 is 11.9 Å². The van der Waals surface area contributed by atoms with Gasteiger partial charge in [0, 0.05) is 16.0 Å². The molecule has 1 aromatic heterocycles. The largest absolute Gasteiger partial charge is 0.334 e. The van der Waals surface area contributed by atoms with Crippen LogP contribution in [0.5, 0.6) is 0 Å². The zero-order chi connectivity index (χ0) is 15.6. The normalized spacial score (nSPS) is 11.0. The quantitative estimate of drug-likeness (QED) is 0.562. The first-order valence-electron chi connectivity index (χ1n) is 7.13. The van der Waals surface area contributed by atoms with Crippen LogP contribution in [0.2, 0.25) is 0 Å². The van der Waals surface area contributed by atoms with Gasteiger partial charge in [-0.3, -0.25) is 5.14 Å². The highest BCUT2D eigenvalue weighted by molar-refractivity contribution is 7.97. The van der Waals surface area contributed by atoms with Gasteiger partial charge in [-0.2, -0.15) is 4.98 Å². The third kappa shape index (κ3) is 2.72. The molecule has 0 atom stereocenters. The van der Waals surface area contributed by atoms with Crippen LogP contribution in [0.1, 0.15) is 0 Å². The number of benzene rings is 3. The fourth-order valence-corrected chi connectivity index (χ4v) is 2.76. The average Bonchev–Trinajstić information content (AvgIpc) is 3.11. The van der Waals surface area contributed by atoms with E-state index in [1.54, 1.807) is 0 Å². The van der Waals surface area contributed by atoms with Crippen molar-refractivity contribution in [1.82, 2.24) is 10.1 Å². The second-order valence-electron chi connectivity index (χ2n) is 5.13. The third-order valence-corrected chi connectivity index (χ3v) is 4.22. The summed E-state index contributed by atoms with van der Waals surface area (Å²) in [6.07, 6.45) is 0. The Morgan fingerprint density at radius 1 is 0.826 bits per heavy atom. The summed E-state index contributed by atoms with van der Waals surface area (Å²) in [5, 5.41) is 12.0. The number of nitrogens with zero attached hydrogens (tertiary/aromatic N) is 2. The number of rotatable bonds is 3. The number of nitrogens with two attached hydrogens (primary N) is 1. The standard InChI is InChI=1S/C18H13N3OS/c19-23-16-9-7-13(8-10-16)18-20-17(21-22-18)15-6-5-12-3-1-2-4-14(12)11-15/h1-11H,19H2. The molecule has 4 nitrogen and oxygen atoms in total. The van der Waals surface area contributed by atoms with Crippen LogP contribution in [0.3, 0.4) is 0 Å². The van der Waals surface area contributed by atoms with Crippen molar-refractivity contribution in [3.05, 3.63) is 66.7 Å². The monoisotopic (exact) mass is 319 g/mol. The van der Waals surface area contributed by atoms with E-state index in [-0.39, 0.29) is 0 Å². The van der Waals surface area contributed by atoms with Crippen LogP contribution < -0.4 is 5.14 Å². The van der Waals surface area contributed by atoms with Crippen molar-refractivity contribution in [2.24, 2.45) is 5.14 Å². The molecule has 0 saturated heterocycles. The van der Waals surface area contributed by atoms with Gasteiger partial charge < -0.3 is 4.52 Å². The van der Waals surface area contributed by atoms with Crippen LogP contribution in [0.15, 0.2) is 76.1 Å². The average molecular weight is 319 g/mol. The van der Waals surface area contributed by atoms with Gasteiger partial charge in [-0.25, -0.2) is 0 Å². The van der Waals surface area contributed by atoms with Crippen LogP contribution in [0.4, 0.5) is 0 Å². The first-order chi connectivity index (χ1) is 11.3. The van der Waals surface area contributed by atoms with Crippen LogP contribution in [0, 0.1) is 0 Å². The zero-order valence-corrected chi connectivity index (χ0v) is 13.0. The van der Waals surface area contributed by atoms with Crippen LogP contribution in [-0.2, 0) is 0 Å². The third-order valence-electron chi connectivity index (χ3n) is 3.67. The Labute approximate surface area is 137 Å². The molecule has 0 radical (unpaired) electrons. The van der Waals surface area contributed by atoms with Crippen molar-refractivity contribution in [3.63, 3.8) is 0 Å². The maximum atomic E-state index is 5.53. The van der Waals surface area contributed by atoms with E-state index in [1.807, 2.05) is 42.5 Å². The molecule has 4 rings (SSSR count). The molecule has 3 aromatic carbocycles. The van der Waals surface area contributed by atoms with E-state index < -0.39 is 0 Å². The van der Waals surface area contributed by atoms with Gasteiger partial charge >= 0.3 is 0 Å². The molecule has 4 aromatic rings. The predicted molar refractivity (Wildman–Crippen MR) is 92.7 cm³/mol. The van der Waals surface area contributed by atoms with Gasteiger partial charge in [-0.15, -0.1) is 0 Å². The summed E-state index contributed by atoms with van der Waals surface area (Å²) in [5.74, 6) is 1.09. The fraction of sp³-hybridized carbons (Fsp3) is 0. The summed E-state index contributed by atoms with van der Waals surface area (Å²) in [5.41, 5.74) is 1.81. The lowest BCUT2D eigenvalue weighted by molar-refractivity contribution is 0.432. The summed E-state index contributed by atoms with van der Waals surface area (Å²) in [4.78, 5) is 5.49. The maximum absolute atomic E-state index is 5.53. The lowest BCUT2D eigenvalue weighted by atomic mass is 10.1. The molecule has 0 aliphatic carbocycles. The minimum absolute atomic E-state index is 0.502. The molecule has 23 heavy (non-hydrogen) atoms. The molecule has 0 fully saturated rings. The Morgan fingerprint density at radius 2 is 1.57 bits per heavy atom. The van der Waals surface area contributed by atoms with Gasteiger partial charge in [0.25, 0.3) is 5.89 Å². The first kappa shape index (κ1) is 14.0. The molecule has 2 N–H and O–H groups in total. The molecule has 5 heteroatoms. The minimum Gasteiger partial charge on any atom is -0.334 e. The highest BCUT2D eigenvalue weighted by atomic mass is 32.2. The molecular formula is C18H13N3OS. The topological polar surface area (TPSA) is 64.9 Å². The highest BCUT2D eigenvalue weighted by Gasteiger charge is 2.11. The first-order valence-corrected chi connectivity index (χ1v) is 8.01. The van der Waals surface area contributed by atoms with Gasteiger partial charge in [0.05, 0.1) is 0 Å². The summed E-state index contributed by atoms with van der Waals surface area (Å²) in [7, 11) is 0. The molecule has 0 aliphatic heterocycles. The smallest absolute Gasteiger partial charge is 0.258 e. The van der Waals surface area contributed by atoms with E-state index in [4.69, 9.17) is 9.66 Å². The van der Waals surface area contributed by atoms with E-state index in [0.717, 1.165) is 21.4 Å². The van der Waals surface area contributed by atoms with Gasteiger partial charge in [-0.1, -0.05) is 41.6 Å². The van der Waals surface area contributed by atoms with Crippen LogP contribution in [0.25, 0.3) is 33.6 Å². The van der Waals surface area contributed by atoms with Gasteiger partial charge in [0.1, 0.15) is 0 Å². The SMILES string of the molecule is NSc1ccc(-c2nc(-c3ccc4ccccc4c3)no2)cc1. The molecule has 0 spiro atoms. The Bertz CT molecular complexity index is 963. The molecular weight excluding hydrogens is 306 g/mol. The second kappa shape index (κ2) is 5.87. The Kier molecular flexibility index (Phi) is 3.57. The molecule has 0 aliphatic rings. The lowest BCUT2D eigenvalue weighted by Crippen LogP contribution is -1.83. The van der Waals surface area contributed by atoms with E-state index in [1.165, 1.54) is 17.3 Å². The predicted octanol–water partition coefficient (Wildman–Crippen LogP) is 4.52. The van der Waals surface area contributed by atoms with E-state index in [9.17, 15) is 0 Å².